The van der Waals surface area contributed by atoms with Crippen molar-refractivity contribution < 1.29 is 14.3 Å². The van der Waals surface area contributed by atoms with E-state index in [4.69, 9.17) is 4.74 Å². The van der Waals surface area contributed by atoms with Crippen molar-refractivity contribution in [3.8, 4) is 5.75 Å². The second-order valence-corrected chi connectivity index (χ2v) is 7.94. The van der Waals surface area contributed by atoms with Crippen molar-refractivity contribution in [3.63, 3.8) is 0 Å². The van der Waals surface area contributed by atoms with Gasteiger partial charge in [-0.25, -0.2) is 0 Å². The van der Waals surface area contributed by atoms with Crippen molar-refractivity contribution >= 4 is 23.2 Å². The van der Waals surface area contributed by atoms with E-state index in [2.05, 4.69) is 12.2 Å². The molecular formula is C24H29N3O3. The van der Waals surface area contributed by atoms with E-state index in [0.29, 0.717) is 12.3 Å². The van der Waals surface area contributed by atoms with E-state index < -0.39 is 6.10 Å². The van der Waals surface area contributed by atoms with Crippen LogP contribution < -0.4 is 15.0 Å². The fourth-order valence-electron chi connectivity index (χ4n) is 4.10. The Hall–Kier alpha value is -3.02. The highest BCUT2D eigenvalue weighted by atomic mass is 16.5. The Morgan fingerprint density at radius 3 is 2.50 bits per heavy atom. The Balaban J connectivity index is 1.46. The molecule has 1 atom stereocenters. The van der Waals surface area contributed by atoms with Crippen LogP contribution in [-0.2, 0) is 16.0 Å². The number of carbonyl (C=O) groups excluding carboxylic acids is 2. The number of nitrogens with one attached hydrogen (secondary N) is 1. The minimum Gasteiger partial charge on any atom is -0.477 e. The Kier molecular flexibility index (Phi) is 6.21. The summed E-state index contributed by atoms with van der Waals surface area (Å²) in [6, 6.07) is 15.5. The summed E-state index contributed by atoms with van der Waals surface area (Å²) in [4.78, 5) is 29.6. The number of fused-ring (bicyclic) bond motifs is 1. The number of likely N-dealkylation sites (tertiary alicyclic amines) is 1. The van der Waals surface area contributed by atoms with Crippen LogP contribution in [0.3, 0.4) is 0 Å². The number of carbonyl (C=O) groups is 2. The third kappa shape index (κ3) is 4.58. The summed E-state index contributed by atoms with van der Waals surface area (Å²) in [7, 11) is 0. The number of rotatable bonds is 5. The molecule has 0 bridgehead atoms. The highest BCUT2D eigenvalue weighted by Gasteiger charge is 2.34. The van der Waals surface area contributed by atoms with Gasteiger partial charge in [-0.3, -0.25) is 9.59 Å². The Bertz CT molecular complexity index is 891. The van der Waals surface area contributed by atoms with Gasteiger partial charge in [-0.2, -0.15) is 0 Å². The molecule has 2 heterocycles. The van der Waals surface area contributed by atoms with Gasteiger partial charge in [0.1, 0.15) is 5.75 Å². The lowest BCUT2D eigenvalue weighted by Gasteiger charge is -2.38. The van der Waals surface area contributed by atoms with Gasteiger partial charge in [-0.05, 0) is 55.5 Å². The second-order valence-electron chi connectivity index (χ2n) is 7.94. The van der Waals surface area contributed by atoms with Crippen LogP contribution in [0.15, 0.2) is 48.5 Å². The maximum absolute atomic E-state index is 13.0. The van der Waals surface area contributed by atoms with Crippen molar-refractivity contribution in [2.75, 3.05) is 36.4 Å². The maximum atomic E-state index is 13.0. The molecule has 2 aliphatic heterocycles. The molecule has 30 heavy (non-hydrogen) atoms. The molecule has 2 amide bonds. The predicted molar refractivity (Wildman–Crippen MR) is 118 cm³/mol. The molecule has 0 spiro atoms. The molecule has 2 aromatic rings. The topological polar surface area (TPSA) is 61.9 Å². The Labute approximate surface area is 177 Å². The zero-order valence-corrected chi connectivity index (χ0v) is 17.5. The van der Waals surface area contributed by atoms with Gasteiger partial charge in [0.25, 0.3) is 5.91 Å². The van der Waals surface area contributed by atoms with E-state index in [-0.39, 0.29) is 18.4 Å². The average Bonchev–Trinajstić information content (AvgIpc) is 2.79. The molecule has 1 N–H and O–H groups in total. The third-order valence-electron chi connectivity index (χ3n) is 5.78. The first-order valence-corrected chi connectivity index (χ1v) is 10.8. The largest absolute Gasteiger partial charge is 0.477 e. The molecule has 0 unspecified atom stereocenters. The molecule has 0 aromatic heterocycles. The summed E-state index contributed by atoms with van der Waals surface area (Å²) >= 11 is 0. The number of piperidine rings is 1. The quantitative estimate of drug-likeness (QED) is 0.825. The molecule has 2 aromatic carbocycles. The SMILES string of the molecule is CCc1ccc(NC(=O)CN2C[C@@H](C(=O)N3CCCCC3)Oc3ccccc32)cc1. The lowest BCUT2D eigenvalue weighted by Crippen LogP contribution is -2.52. The zero-order valence-electron chi connectivity index (χ0n) is 17.5. The van der Waals surface area contributed by atoms with Crippen molar-refractivity contribution in [1.29, 1.82) is 0 Å². The van der Waals surface area contributed by atoms with Gasteiger partial charge in [0, 0.05) is 18.8 Å². The standard InChI is InChI=1S/C24H29N3O3/c1-2-18-10-12-19(13-11-18)25-23(28)17-27-16-22(24(29)26-14-6-3-7-15-26)30-21-9-5-4-8-20(21)27/h4-5,8-13,22H,2-3,6-7,14-17H2,1H3,(H,25,28)/t22-/m0/s1. The number of amides is 2. The molecule has 4 rings (SSSR count). The van der Waals surface area contributed by atoms with Crippen molar-refractivity contribution in [2.24, 2.45) is 0 Å². The predicted octanol–water partition coefficient (Wildman–Crippen LogP) is 3.47. The van der Waals surface area contributed by atoms with Crippen LogP contribution in [-0.4, -0.2) is 49.0 Å². The first-order chi connectivity index (χ1) is 14.6. The van der Waals surface area contributed by atoms with E-state index >= 15 is 0 Å². The van der Waals surface area contributed by atoms with Gasteiger partial charge >= 0.3 is 0 Å². The average molecular weight is 408 g/mol. The lowest BCUT2D eigenvalue weighted by atomic mass is 10.1. The van der Waals surface area contributed by atoms with Crippen LogP contribution >= 0.6 is 0 Å². The van der Waals surface area contributed by atoms with Crippen LogP contribution in [0.1, 0.15) is 31.7 Å². The van der Waals surface area contributed by atoms with E-state index in [1.165, 1.54) is 12.0 Å². The first-order valence-electron chi connectivity index (χ1n) is 10.8. The van der Waals surface area contributed by atoms with E-state index in [1.807, 2.05) is 58.3 Å². The van der Waals surface area contributed by atoms with E-state index in [9.17, 15) is 9.59 Å². The van der Waals surface area contributed by atoms with Crippen LogP contribution in [0.2, 0.25) is 0 Å². The molecule has 6 heteroatoms. The first kappa shape index (κ1) is 20.3. The minimum atomic E-state index is -0.588. The number of ether oxygens (including phenoxy) is 1. The number of anilines is 2. The fraction of sp³-hybridized carbons (Fsp3) is 0.417. The minimum absolute atomic E-state index is 0.0183. The van der Waals surface area contributed by atoms with Gasteiger partial charge in [-0.1, -0.05) is 31.2 Å². The van der Waals surface area contributed by atoms with E-state index in [1.54, 1.807) is 0 Å². The van der Waals surface area contributed by atoms with E-state index in [0.717, 1.165) is 43.7 Å². The molecule has 158 valence electrons. The van der Waals surface area contributed by atoms with Crippen molar-refractivity contribution in [1.82, 2.24) is 4.90 Å². The highest BCUT2D eigenvalue weighted by Crippen LogP contribution is 2.33. The number of hydrogen-bond donors (Lipinski definition) is 1. The number of aryl methyl sites for hydroxylation is 1. The van der Waals surface area contributed by atoms with Gasteiger partial charge < -0.3 is 19.9 Å². The van der Waals surface area contributed by atoms with Crippen LogP contribution in [0, 0.1) is 0 Å². The molecule has 6 nitrogen and oxygen atoms in total. The zero-order chi connectivity index (χ0) is 20.9. The van der Waals surface area contributed by atoms with Crippen molar-refractivity contribution in [3.05, 3.63) is 54.1 Å². The van der Waals surface area contributed by atoms with Crippen LogP contribution in [0.4, 0.5) is 11.4 Å². The molecule has 0 radical (unpaired) electrons. The second kappa shape index (κ2) is 9.20. The Morgan fingerprint density at radius 2 is 1.77 bits per heavy atom. The Morgan fingerprint density at radius 1 is 1.03 bits per heavy atom. The summed E-state index contributed by atoms with van der Waals surface area (Å²) in [6.07, 6.45) is 3.62. The molecule has 0 saturated carbocycles. The molecular weight excluding hydrogens is 378 g/mol. The smallest absolute Gasteiger partial charge is 0.265 e. The number of para-hydroxylation sites is 2. The van der Waals surface area contributed by atoms with Gasteiger partial charge in [0.05, 0.1) is 18.8 Å². The number of nitrogens with zero attached hydrogens (tertiary/aromatic N) is 2. The monoisotopic (exact) mass is 407 g/mol. The number of benzene rings is 2. The normalized spacial score (nSPS) is 18.4. The molecule has 1 fully saturated rings. The summed E-state index contributed by atoms with van der Waals surface area (Å²) < 4.78 is 6.04. The fourth-order valence-corrected chi connectivity index (χ4v) is 4.10. The summed E-state index contributed by atoms with van der Waals surface area (Å²) in [6.45, 7) is 4.21. The lowest BCUT2D eigenvalue weighted by molar-refractivity contribution is -0.139. The van der Waals surface area contributed by atoms with Crippen LogP contribution in [0.5, 0.6) is 5.75 Å². The summed E-state index contributed by atoms with van der Waals surface area (Å²) in [5, 5.41) is 2.96. The molecule has 0 aliphatic carbocycles. The third-order valence-corrected chi connectivity index (χ3v) is 5.78. The molecule has 1 saturated heterocycles. The highest BCUT2D eigenvalue weighted by molar-refractivity contribution is 5.95. The number of hydrogen-bond acceptors (Lipinski definition) is 4. The van der Waals surface area contributed by atoms with Crippen LogP contribution in [0.25, 0.3) is 0 Å². The maximum Gasteiger partial charge on any atom is 0.265 e. The summed E-state index contributed by atoms with van der Waals surface area (Å²) in [5.74, 6) is 0.559. The van der Waals surface area contributed by atoms with Gasteiger partial charge in [-0.15, -0.1) is 0 Å². The molecule has 2 aliphatic rings. The van der Waals surface area contributed by atoms with Gasteiger partial charge in [0.2, 0.25) is 5.91 Å². The van der Waals surface area contributed by atoms with Gasteiger partial charge in [0.15, 0.2) is 6.10 Å². The summed E-state index contributed by atoms with van der Waals surface area (Å²) in [5.41, 5.74) is 2.85. The van der Waals surface area contributed by atoms with Crippen molar-refractivity contribution in [2.45, 2.75) is 38.7 Å².